The fourth-order valence-electron chi connectivity index (χ4n) is 2.80. The molecule has 1 aliphatic rings. The standard InChI is InChI=1S/C19H18ClN3O2S/c1-11-16(18(24)22-14-4-3-5-15(10-14)25-2)17(23-19(26)21-11)12-6-8-13(20)9-7-12/h3-10,17H,1-2H3,(H,22,24)(H2,21,23,26)/t17-/m0/s1. The number of carbonyl (C=O) groups is 1. The van der Waals surface area contributed by atoms with Gasteiger partial charge in [-0.05, 0) is 49.0 Å². The molecule has 0 saturated carbocycles. The zero-order valence-corrected chi connectivity index (χ0v) is 15.9. The molecule has 0 bridgehead atoms. The van der Waals surface area contributed by atoms with E-state index in [0.29, 0.717) is 32.8 Å². The van der Waals surface area contributed by atoms with Crippen LogP contribution in [0, 0.1) is 0 Å². The summed E-state index contributed by atoms with van der Waals surface area (Å²) in [5.74, 6) is 0.446. The summed E-state index contributed by atoms with van der Waals surface area (Å²) in [5, 5.41) is 10.2. The van der Waals surface area contributed by atoms with Crippen LogP contribution in [0.15, 0.2) is 59.8 Å². The highest BCUT2D eigenvalue weighted by molar-refractivity contribution is 7.80. The lowest BCUT2D eigenvalue weighted by Gasteiger charge is -2.30. The average Bonchev–Trinajstić information content (AvgIpc) is 2.61. The molecule has 1 atom stereocenters. The summed E-state index contributed by atoms with van der Waals surface area (Å²) in [6.45, 7) is 1.83. The first-order valence-corrected chi connectivity index (χ1v) is 8.75. The molecule has 3 N–H and O–H groups in total. The van der Waals surface area contributed by atoms with Crippen LogP contribution in [0.1, 0.15) is 18.5 Å². The molecule has 1 aliphatic heterocycles. The van der Waals surface area contributed by atoms with Crippen LogP contribution in [0.3, 0.4) is 0 Å². The Bertz CT molecular complexity index is 881. The average molecular weight is 388 g/mol. The van der Waals surface area contributed by atoms with E-state index in [1.54, 1.807) is 25.3 Å². The van der Waals surface area contributed by atoms with Gasteiger partial charge in [-0.15, -0.1) is 0 Å². The minimum atomic E-state index is -0.369. The van der Waals surface area contributed by atoms with E-state index in [4.69, 9.17) is 28.6 Å². The summed E-state index contributed by atoms with van der Waals surface area (Å²) < 4.78 is 5.20. The van der Waals surface area contributed by atoms with Gasteiger partial charge < -0.3 is 20.7 Å². The fourth-order valence-corrected chi connectivity index (χ4v) is 3.20. The molecule has 1 heterocycles. The van der Waals surface area contributed by atoms with E-state index < -0.39 is 0 Å². The van der Waals surface area contributed by atoms with Gasteiger partial charge in [0.25, 0.3) is 5.91 Å². The highest BCUT2D eigenvalue weighted by Gasteiger charge is 2.29. The summed E-state index contributed by atoms with van der Waals surface area (Å²) >= 11 is 11.2. The van der Waals surface area contributed by atoms with Gasteiger partial charge >= 0.3 is 0 Å². The second-order valence-corrected chi connectivity index (χ2v) is 6.65. The lowest BCUT2D eigenvalue weighted by molar-refractivity contribution is -0.113. The third-order valence-corrected chi connectivity index (χ3v) is 4.52. The Morgan fingerprint density at radius 1 is 1.23 bits per heavy atom. The molecule has 2 aromatic carbocycles. The summed E-state index contributed by atoms with van der Waals surface area (Å²) in [6.07, 6.45) is 0. The van der Waals surface area contributed by atoms with Gasteiger partial charge in [0.05, 0.1) is 18.7 Å². The molecular weight excluding hydrogens is 370 g/mol. The van der Waals surface area contributed by atoms with Crippen molar-refractivity contribution in [1.29, 1.82) is 0 Å². The van der Waals surface area contributed by atoms with Crippen LogP contribution in [-0.2, 0) is 4.79 Å². The van der Waals surface area contributed by atoms with Crippen LogP contribution < -0.4 is 20.7 Å². The van der Waals surface area contributed by atoms with Gasteiger partial charge in [0.15, 0.2) is 5.11 Å². The minimum Gasteiger partial charge on any atom is -0.497 e. The maximum atomic E-state index is 13.0. The number of hydrogen-bond donors (Lipinski definition) is 3. The molecule has 1 amide bonds. The van der Waals surface area contributed by atoms with Crippen molar-refractivity contribution in [2.24, 2.45) is 0 Å². The van der Waals surface area contributed by atoms with Crippen LogP contribution in [0.2, 0.25) is 5.02 Å². The molecule has 0 unspecified atom stereocenters. The van der Waals surface area contributed by atoms with E-state index in [9.17, 15) is 4.79 Å². The molecule has 0 radical (unpaired) electrons. The molecule has 2 aromatic rings. The zero-order chi connectivity index (χ0) is 18.7. The predicted octanol–water partition coefficient (Wildman–Crippen LogP) is 3.78. The van der Waals surface area contributed by atoms with Crippen molar-refractivity contribution in [3.8, 4) is 5.75 Å². The van der Waals surface area contributed by atoms with Crippen molar-refractivity contribution in [1.82, 2.24) is 10.6 Å². The van der Waals surface area contributed by atoms with Crippen molar-refractivity contribution in [3.63, 3.8) is 0 Å². The molecular formula is C19H18ClN3O2S. The van der Waals surface area contributed by atoms with Crippen LogP contribution in [0.5, 0.6) is 5.75 Å². The highest BCUT2D eigenvalue weighted by atomic mass is 35.5. The van der Waals surface area contributed by atoms with Crippen molar-refractivity contribution in [2.45, 2.75) is 13.0 Å². The third-order valence-electron chi connectivity index (χ3n) is 4.04. The Kier molecular flexibility index (Phi) is 5.44. The Morgan fingerprint density at radius 3 is 2.65 bits per heavy atom. The number of allylic oxidation sites excluding steroid dienone is 1. The normalized spacial score (nSPS) is 16.6. The van der Waals surface area contributed by atoms with E-state index in [-0.39, 0.29) is 11.9 Å². The SMILES string of the molecule is COc1cccc(NC(=O)C2=C(C)NC(=S)N[C@H]2c2ccc(Cl)cc2)c1. The van der Waals surface area contributed by atoms with Gasteiger partial charge in [0, 0.05) is 22.5 Å². The number of carbonyl (C=O) groups excluding carboxylic acids is 1. The molecule has 26 heavy (non-hydrogen) atoms. The van der Waals surface area contributed by atoms with Gasteiger partial charge in [0.2, 0.25) is 0 Å². The second kappa shape index (κ2) is 7.76. The largest absolute Gasteiger partial charge is 0.497 e. The Balaban J connectivity index is 1.92. The van der Waals surface area contributed by atoms with Gasteiger partial charge in [0.1, 0.15) is 5.75 Å². The number of halogens is 1. The number of amides is 1. The number of hydrogen-bond acceptors (Lipinski definition) is 3. The molecule has 3 rings (SSSR count). The smallest absolute Gasteiger partial charge is 0.255 e. The molecule has 134 valence electrons. The number of benzene rings is 2. The highest BCUT2D eigenvalue weighted by Crippen LogP contribution is 2.29. The molecule has 0 spiro atoms. The van der Waals surface area contributed by atoms with E-state index in [1.807, 2.05) is 37.3 Å². The van der Waals surface area contributed by atoms with Crippen LogP contribution in [0.4, 0.5) is 5.69 Å². The first-order chi connectivity index (χ1) is 12.5. The maximum Gasteiger partial charge on any atom is 0.255 e. The summed E-state index contributed by atoms with van der Waals surface area (Å²) in [4.78, 5) is 13.0. The molecule has 0 aromatic heterocycles. The maximum absolute atomic E-state index is 13.0. The molecule has 0 aliphatic carbocycles. The fraction of sp³-hybridized carbons (Fsp3) is 0.158. The monoisotopic (exact) mass is 387 g/mol. The first kappa shape index (κ1) is 18.2. The van der Waals surface area contributed by atoms with Crippen molar-refractivity contribution in [3.05, 3.63) is 70.4 Å². The number of nitrogens with one attached hydrogen (secondary N) is 3. The van der Waals surface area contributed by atoms with Crippen molar-refractivity contribution >= 4 is 40.5 Å². The van der Waals surface area contributed by atoms with Gasteiger partial charge in [-0.25, -0.2) is 0 Å². The number of thiocarbonyl (C=S) groups is 1. The molecule has 7 heteroatoms. The lowest BCUT2D eigenvalue weighted by atomic mass is 9.95. The van der Waals surface area contributed by atoms with Gasteiger partial charge in [-0.1, -0.05) is 29.8 Å². The van der Waals surface area contributed by atoms with Crippen molar-refractivity contribution < 1.29 is 9.53 Å². The van der Waals surface area contributed by atoms with E-state index in [2.05, 4.69) is 16.0 Å². The van der Waals surface area contributed by atoms with E-state index >= 15 is 0 Å². The third kappa shape index (κ3) is 3.98. The topological polar surface area (TPSA) is 62.4 Å². The molecule has 0 saturated heterocycles. The summed E-state index contributed by atoms with van der Waals surface area (Å²) in [6, 6.07) is 14.2. The van der Waals surface area contributed by atoms with Crippen molar-refractivity contribution in [2.75, 3.05) is 12.4 Å². The van der Waals surface area contributed by atoms with Crippen LogP contribution in [0.25, 0.3) is 0 Å². The number of ether oxygens (including phenoxy) is 1. The summed E-state index contributed by atoms with van der Waals surface area (Å²) in [5.41, 5.74) is 2.81. The molecule has 5 nitrogen and oxygen atoms in total. The predicted molar refractivity (Wildman–Crippen MR) is 107 cm³/mol. The Labute approximate surface area is 162 Å². The lowest BCUT2D eigenvalue weighted by Crippen LogP contribution is -2.45. The Hall–Kier alpha value is -2.57. The van der Waals surface area contributed by atoms with E-state index in [1.165, 1.54) is 0 Å². The Morgan fingerprint density at radius 2 is 1.96 bits per heavy atom. The zero-order valence-electron chi connectivity index (χ0n) is 14.3. The van der Waals surface area contributed by atoms with Gasteiger partial charge in [-0.2, -0.15) is 0 Å². The second-order valence-electron chi connectivity index (χ2n) is 5.81. The summed E-state index contributed by atoms with van der Waals surface area (Å²) in [7, 11) is 1.58. The number of methoxy groups -OCH3 is 1. The number of rotatable bonds is 4. The molecule has 0 fully saturated rings. The first-order valence-electron chi connectivity index (χ1n) is 7.97. The van der Waals surface area contributed by atoms with Gasteiger partial charge in [-0.3, -0.25) is 4.79 Å². The minimum absolute atomic E-state index is 0.224. The van der Waals surface area contributed by atoms with Crippen LogP contribution in [-0.4, -0.2) is 18.1 Å². The number of anilines is 1. The quantitative estimate of drug-likeness (QED) is 0.697. The van der Waals surface area contributed by atoms with Crippen LogP contribution >= 0.6 is 23.8 Å². The van der Waals surface area contributed by atoms with E-state index in [0.717, 1.165) is 5.56 Å².